The second-order valence-electron chi connectivity index (χ2n) is 8.60. The zero-order chi connectivity index (χ0) is 28.8. The number of nitrogens with zero attached hydrogens (tertiary/aromatic N) is 1. The van der Waals surface area contributed by atoms with Crippen LogP contribution in [-0.2, 0) is 14.4 Å². The van der Waals surface area contributed by atoms with Crippen molar-refractivity contribution >= 4 is 52.8 Å². The molecule has 11 heteroatoms. The number of nitrogens with one attached hydrogen (secondary N) is 2. The van der Waals surface area contributed by atoms with Gasteiger partial charge in [0.15, 0.2) is 18.1 Å². The molecule has 1 aliphatic rings. The maximum absolute atomic E-state index is 13.2. The van der Waals surface area contributed by atoms with Gasteiger partial charge in [-0.2, -0.15) is 0 Å². The number of hydrogen-bond acceptors (Lipinski definition) is 7. The zero-order valence-electron chi connectivity index (χ0n) is 21.9. The molecule has 1 aliphatic heterocycles. The van der Waals surface area contributed by atoms with E-state index in [-0.39, 0.29) is 23.8 Å². The summed E-state index contributed by atoms with van der Waals surface area (Å²) in [7, 11) is 1.55. The van der Waals surface area contributed by atoms with E-state index in [0.717, 1.165) is 10.5 Å². The minimum atomic E-state index is -0.876. The van der Waals surface area contributed by atoms with E-state index in [2.05, 4.69) is 10.6 Å². The molecule has 206 valence electrons. The van der Waals surface area contributed by atoms with Crippen molar-refractivity contribution in [3.63, 3.8) is 0 Å². The zero-order valence-corrected chi connectivity index (χ0v) is 22.7. The molecular formula is C29H26ClN3O7. The molecule has 0 unspecified atom stereocenters. The number of amides is 5. The van der Waals surface area contributed by atoms with Gasteiger partial charge >= 0.3 is 6.03 Å². The number of methoxy groups -OCH3 is 1. The number of hydrogen-bond donors (Lipinski definition) is 2. The van der Waals surface area contributed by atoms with E-state index in [4.69, 9.17) is 25.8 Å². The third-order valence-corrected chi connectivity index (χ3v) is 6.23. The molecule has 1 fully saturated rings. The van der Waals surface area contributed by atoms with Crippen LogP contribution in [0.1, 0.15) is 18.1 Å². The van der Waals surface area contributed by atoms with Gasteiger partial charge in [-0.05, 0) is 79.6 Å². The van der Waals surface area contributed by atoms with Gasteiger partial charge in [-0.3, -0.25) is 19.7 Å². The summed E-state index contributed by atoms with van der Waals surface area (Å²) in [5.41, 5.74) is 1.76. The fraction of sp³-hybridized carbons (Fsp3) is 0.172. The summed E-state index contributed by atoms with van der Waals surface area (Å²) >= 11 is 6.18. The first-order chi connectivity index (χ1) is 19.2. The Kier molecular flexibility index (Phi) is 8.70. The SMILES string of the molecule is CCOc1cc(/C=C2\C(=O)NC(=O)N(c3ccc(C)c(Cl)c3)C2=O)ccc1OCC(=O)Nc1ccc(OC)cc1. The van der Waals surface area contributed by atoms with Gasteiger partial charge in [0.25, 0.3) is 17.7 Å². The summed E-state index contributed by atoms with van der Waals surface area (Å²) in [6.45, 7) is 3.57. The lowest BCUT2D eigenvalue weighted by atomic mass is 10.1. The second-order valence-corrected chi connectivity index (χ2v) is 9.00. The minimum absolute atomic E-state index is 0.225. The van der Waals surface area contributed by atoms with Crippen molar-refractivity contribution in [3.05, 3.63) is 82.4 Å². The fourth-order valence-electron chi connectivity index (χ4n) is 3.80. The first kappa shape index (κ1) is 28.2. The molecule has 0 aromatic heterocycles. The predicted molar refractivity (Wildman–Crippen MR) is 150 cm³/mol. The number of anilines is 2. The molecule has 3 aromatic carbocycles. The number of halogens is 1. The standard InChI is InChI=1S/C29H26ClN3O7/c1-4-39-25-14-18(6-12-24(25)40-16-26(34)31-19-7-10-21(38-3)11-8-19)13-22-27(35)32-29(37)33(28(22)36)20-9-5-17(2)23(30)15-20/h5-15H,4,16H2,1-3H3,(H,31,34)(H,32,35,37)/b22-13+. The number of carbonyl (C=O) groups excluding carboxylic acids is 4. The molecule has 0 saturated carbocycles. The Bertz CT molecular complexity index is 1500. The van der Waals surface area contributed by atoms with Crippen LogP contribution in [0.3, 0.4) is 0 Å². The van der Waals surface area contributed by atoms with E-state index >= 15 is 0 Å². The number of imide groups is 2. The molecule has 10 nitrogen and oxygen atoms in total. The molecule has 0 bridgehead atoms. The molecule has 1 saturated heterocycles. The van der Waals surface area contributed by atoms with E-state index in [0.29, 0.717) is 40.1 Å². The highest BCUT2D eigenvalue weighted by Crippen LogP contribution is 2.31. The van der Waals surface area contributed by atoms with Crippen molar-refractivity contribution in [2.45, 2.75) is 13.8 Å². The number of aryl methyl sites for hydroxylation is 1. The highest BCUT2D eigenvalue weighted by Gasteiger charge is 2.37. The van der Waals surface area contributed by atoms with Crippen molar-refractivity contribution < 1.29 is 33.4 Å². The largest absolute Gasteiger partial charge is 0.497 e. The monoisotopic (exact) mass is 563 g/mol. The topological polar surface area (TPSA) is 123 Å². The van der Waals surface area contributed by atoms with Gasteiger partial charge < -0.3 is 19.5 Å². The highest BCUT2D eigenvalue weighted by atomic mass is 35.5. The van der Waals surface area contributed by atoms with Crippen molar-refractivity contribution in [1.82, 2.24) is 5.32 Å². The van der Waals surface area contributed by atoms with Crippen LogP contribution in [0.25, 0.3) is 6.08 Å². The number of rotatable bonds is 9. The van der Waals surface area contributed by atoms with Crippen LogP contribution < -0.4 is 29.7 Å². The van der Waals surface area contributed by atoms with E-state index < -0.39 is 17.8 Å². The Morgan fingerprint density at radius 2 is 1.75 bits per heavy atom. The van der Waals surface area contributed by atoms with Gasteiger partial charge in [0, 0.05) is 10.7 Å². The molecule has 5 amide bonds. The van der Waals surface area contributed by atoms with Gasteiger partial charge in [0.1, 0.15) is 11.3 Å². The lowest BCUT2D eigenvalue weighted by Crippen LogP contribution is -2.54. The average Bonchev–Trinajstić information content (AvgIpc) is 2.93. The Labute approximate surface area is 235 Å². The summed E-state index contributed by atoms with van der Waals surface area (Å²) in [4.78, 5) is 51.5. The summed E-state index contributed by atoms with van der Waals surface area (Å²) in [6.07, 6.45) is 1.34. The van der Waals surface area contributed by atoms with Crippen LogP contribution in [0, 0.1) is 6.92 Å². The maximum atomic E-state index is 13.2. The van der Waals surface area contributed by atoms with E-state index in [1.807, 2.05) is 0 Å². The number of urea groups is 1. The number of benzene rings is 3. The Balaban J connectivity index is 1.52. The lowest BCUT2D eigenvalue weighted by molar-refractivity contribution is -0.122. The molecule has 1 heterocycles. The Hall–Kier alpha value is -4.83. The Morgan fingerprint density at radius 1 is 1.00 bits per heavy atom. The first-order valence-corrected chi connectivity index (χ1v) is 12.6. The van der Waals surface area contributed by atoms with Gasteiger partial charge in [0.05, 0.1) is 19.4 Å². The number of carbonyl (C=O) groups is 4. The molecule has 3 aromatic rings. The Morgan fingerprint density at radius 3 is 2.42 bits per heavy atom. The quantitative estimate of drug-likeness (QED) is 0.285. The lowest BCUT2D eigenvalue weighted by Gasteiger charge is -2.26. The highest BCUT2D eigenvalue weighted by molar-refractivity contribution is 6.39. The second kappa shape index (κ2) is 12.4. The van der Waals surface area contributed by atoms with Gasteiger partial charge in [-0.1, -0.05) is 23.7 Å². The molecule has 0 radical (unpaired) electrons. The van der Waals surface area contributed by atoms with Crippen LogP contribution in [-0.4, -0.2) is 44.1 Å². The third kappa shape index (κ3) is 6.41. The molecule has 0 aliphatic carbocycles. The van der Waals surface area contributed by atoms with Crippen molar-refractivity contribution in [2.24, 2.45) is 0 Å². The van der Waals surface area contributed by atoms with E-state index in [1.54, 1.807) is 75.6 Å². The van der Waals surface area contributed by atoms with Crippen molar-refractivity contribution in [1.29, 1.82) is 0 Å². The maximum Gasteiger partial charge on any atom is 0.335 e. The fourth-order valence-corrected chi connectivity index (χ4v) is 3.97. The van der Waals surface area contributed by atoms with Crippen LogP contribution in [0.5, 0.6) is 17.2 Å². The average molecular weight is 564 g/mol. The molecule has 0 atom stereocenters. The van der Waals surface area contributed by atoms with E-state index in [9.17, 15) is 19.2 Å². The van der Waals surface area contributed by atoms with Crippen molar-refractivity contribution in [2.75, 3.05) is 30.5 Å². The van der Waals surface area contributed by atoms with Gasteiger partial charge in [-0.15, -0.1) is 0 Å². The van der Waals surface area contributed by atoms with Crippen LogP contribution in [0.4, 0.5) is 16.2 Å². The van der Waals surface area contributed by atoms with Crippen LogP contribution >= 0.6 is 11.6 Å². The molecular weight excluding hydrogens is 538 g/mol. The van der Waals surface area contributed by atoms with Gasteiger partial charge in [-0.25, -0.2) is 9.69 Å². The summed E-state index contributed by atoms with van der Waals surface area (Å²) in [5, 5.41) is 5.28. The number of ether oxygens (including phenoxy) is 3. The molecule has 0 spiro atoms. The van der Waals surface area contributed by atoms with Crippen LogP contribution in [0.2, 0.25) is 5.02 Å². The smallest absolute Gasteiger partial charge is 0.335 e. The molecule has 4 rings (SSSR count). The summed E-state index contributed by atoms with van der Waals surface area (Å²) in [5.74, 6) is -0.767. The van der Waals surface area contributed by atoms with E-state index in [1.165, 1.54) is 12.1 Å². The minimum Gasteiger partial charge on any atom is -0.497 e. The first-order valence-electron chi connectivity index (χ1n) is 12.2. The summed E-state index contributed by atoms with van der Waals surface area (Å²) < 4.78 is 16.4. The van der Waals surface area contributed by atoms with Crippen molar-refractivity contribution in [3.8, 4) is 17.2 Å². The molecule has 2 N–H and O–H groups in total. The summed E-state index contributed by atoms with van der Waals surface area (Å²) in [6, 6.07) is 15.4. The third-order valence-electron chi connectivity index (χ3n) is 5.83. The van der Waals surface area contributed by atoms with Crippen LogP contribution in [0.15, 0.2) is 66.2 Å². The normalized spacial score (nSPS) is 14.2. The number of barbiturate groups is 1. The predicted octanol–water partition coefficient (Wildman–Crippen LogP) is 4.74. The van der Waals surface area contributed by atoms with Gasteiger partial charge in [0.2, 0.25) is 0 Å². The molecule has 40 heavy (non-hydrogen) atoms.